The van der Waals surface area contributed by atoms with Gasteiger partial charge in [-0.2, -0.15) is 0 Å². The Morgan fingerprint density at radius 2 is 1.58 bits per heavy atom. The number of aromatic nitrogens is 1. The second-order valence-corrected chi connectivity index (χ2v) is 13.7. The first-order valence-corrected chi connectivity index (χ1v) is 17.1. The van der Waals surface area contributed by atoms with Gasteiger partial charge in [0.1, 0.15) is 0 Å². The van der Waals surface area contributed by atoms with Crippen molar-refractivity contribution in [1.29, 1.82) is 0 Å². The van der Waals surface area contributed by atoms with Crippen LogP contribution in [0.3, 0.4) is 0 Å². The van der Waals surface area contributed by atoms with Gasteiger partial charge in [0.25, 0.3) is 0 Å². The van der Waals surface area contributed by atoms with Crippen LogP contribution in [0.5, 0.6) is 0 Å². The van der Waals surface area contributed by atoms with Crippen molar-refractivity contribution in [3.05, 3.63) is 59.9 Å². The van der Waals surface area contributed by atoms with Crippen molar-refractivity contribution < 1.29 is 14.4 Å². The number of benzene rings is 1. The number of anilines is 1. The zero-order chi connectivity index (χ0) is 30.8. The van der Waals surface area contributed by atoms with Crippen LogP contribution >= 0.6 is 0 Å². The molecule has 0 bridgehead atoms. The number of hydrogen-bond acceptors (Lipinski definition) is 6. The molecule has 10 heteroatoms. The summed E-state index contributed by atoms with van der Waals surface area (Å²) in [4.78, 5) is 53.9. The van der Waals surface area contributed by atoms with E-state index in [-0.39, 0.29) is 36.3 Å². The van der Waals surface area contributed by atoms with Gasteiger partial charge in [-0.3, -0.25) is 14.6 Å². The number of fused-ring (bicyclic) bond motifs is 1. The first-order chi connectivity index (χ1) is 22.0. The van der Waals surface area contributed by atoms with Crippen LogP contribution in [0.15, 0.2) is 48.7 Å². The minimum Gasteiger partial charge on any atom is -0.343 e. The van der Waals surface area contributed by atoms with Gasteiger partial charge >= 0.3 is 6.03 Å². The van der Waals surface area contributed by atoms with Gasteiger partial charge in [-0.05, 0) is 81.8 Å². The van der Waals surface area contributed by atoms with Gasteiger partial charge in [0.2, 0.25) is 11.8 Å². The molecule has 2 atom stereocenters. The molecule has 2 aromatic rings. The standard InChI is InChI=1S/C35H47N7O3/c43-32(40-18-13-29(14-19-40)42-25-26-8-2-3-10-30(26)38-34(42)45)23-35(22-31(35)37-24-27-9-4-5-15-36-27)33(44)41-20-11-28(12-21-41)39-16-6-1-7-17-39/h2-5,8-10,15,28-29,31,37H,1,6-7,11-14,16-25H2,(H,38,45). The summed E-state index contributed by atoms with van der Waals surface area (Å²) in [5, 5.41) is 6.60. The monoisotopic (exact) mass is 613 g/mol. The fraction of sp³-hybridized carbons (Fsp3) is 0.600. The molecule has 3 saturated heterocycles. The number of likely N-dealkylation sites (tertiary alicyclic amines) is 3. The number of urea groups is 1. The molecule has 0 spiro atoms. The van der Waals surface area contributed by atoms with E-state index in [1.54, 1.807) is 6.20 Å². The Balaban J connectivity index is 0.977. The molecule has 4 amide bonds. The number of carbonyl (C=O) groups is 3. The van der Waals surface area contributed by atoms with Crippen LogP contribution in [0.1, 0.15) is 69.0 Å². The fourth-order valence-electron chi connectivity index (χ4n) is 8.17. The Bertz CT molecular complexity index is 1370. The van der Waals surface area contributed by atoms with Crippen molar-refractivity contribution in [2.24, 2.45) is 5.41 Å². The molecular formula is C35H47N7O3. The number of nitrogens with zero attached hydrogens (tertiary/aromatic N) is 5. The smallest absolute Gasteiger partial charge is 0.322 e. The largest absolute Gasteiger partial charge is 0.343 e. The molecule has 2 unspecified atom stereocenters. The predicted molar refractivity (Wildman–Crippen MR) is 172 cm³/mol. The van der Waals surface area contributed by atoms with E-state index in [9.17, 15) is 14.4 Å². The molecule has 1 aromatic heterocycles. The highest BCUT2D eigenvalue weighted by Crippen LogP contribution is 2.51. The predicted octanol–water partition coefficient (Wildman–Crippen LogP) is 3.84. The van der Waals surface area contributed by atoms with Crippen LogP contribution in [0, 0.1) is 5.41 Å². The van der Waals surface area contributed by atoms with Gasteiger partial charge in [-0.15, -0.1) is 0 Å². The minimum absolute atomic E-state index is 0.0366. The highest BCUT2D eigenvalue weighted by Gasteiger charge is 2.62. The Kier molecular flexibility index (Phi) is 8.77. The molecule has 7 rings (SSSR count). The van der Waals surface area contributed by atoms with E-state index in [0.717, 1.165) is 55.7 Å². The van der Waals surface area contributed by atoms with Crippen LogP contribution in [0.25, 0.3) is 0 Å². The summed E-state index contributed by atoms with van der Waals surface area (Å²) < 4.78 is 0. The quantitative estimate of drug-likeness (QED) is 0.470. The molecule has 1 aromatic carbocycles. The van der Waals surface area contributed by atoms with E-state index in [0.29, 0.717) is 38.6 Å². The summed E-state index contributed by atoms with van der Waals surface area (Å²) in [7, 11) is 0. The van der Waals surface area contributed by atoms with Gasteiger partial charge < -0.3 is 30.2 Å². The molecule has 240 valence electrons. The van der Waals surface area contributed by atoms with Crippen LogP contribution in [-0.4, -0.2) is 99.8 Å². The Hall–Kier alpha value is -3.50. The van der Waals surface area contributed by atoms with E-state index in [4.69, 9.17) is 0 Å². The highest BCUT2D eigenvalue weighted by atomic mass is 16.2. The number of carbonyl (C=O) groups excluding carboxylic acids is 3. The van der Waals surface area contributed by atoms with Crippen molar-refractivity contribution in [1.82, 2.24) is 29.9 Å². The molecule has 5 heterocycles. The first-order valence-electron chi connectivity index (χ1n) is 17.1. The summed E-state index contributed by atoms with van der Waals surface area (Å²) in [6.07, 6.45) is 10.1. The molecule has 45 heavy (non-hydrogen) atoms. The third kappa shape index (κ3) is 6.45. The van der Waals surface area contributed by atoms with Crippen LogP contribution in [0.2, 0.25) is 0 Å². The number of para-hydroxylation sites is 1. The maximum Gasteiger partial charge on any atom is 0.322 e. The van der Waals surface area contributed by atoms with E-state index >= 15 is 0 Å². The summed E-state index contributed by atoms with van der Waals surface area (Å²) in [6.45, 7) is 6.30. The third-order valence-electron chi connectivity index (χ3n) is 11.0. The van der Waals surface area contributed by atoms with E-state index in [1.807, 2.05) is 46.2 Å². The van der Waals surface area contributed by atoms with Crippen LogP contribution in [-0.2, 0) is 22.7 Å². The maximum atomic E-state index is 14.2. The molecule has 0 radical (unpaired) electrons. The Labute approximate surface area is 266 Å². The average Bonchev–Trinajstić information content (AvgIpc) is 3.80. The van der Waals surface area contributed by atoms with Crippen LogP contribution in [0.4, 0.5) is 10.5 Å². The lowest BCUT2D eigenvalue weighted by molar-refractivity contribution is -0.145. The second-order valence-electron chi connectivity index (χ2n) is 13.7. The van der Waals surface area contributed by atoms with Gasteiger partial charge in [0.05, 0.1) is 11.1 Å². The molecule has 4 aliphatic heterocycles. The Morgan fingerprint density at radius 1 is 0.867 bits per heavy atom. The number of piperidine rings is 3. The van der Waals surface area contributed by atoms with Gasteiger partial charge in [0.15, 0.2) is 0 Å². The normalized spacial score (nSPS) is 26.4. The molecule has 4 fully saturated rings. The lowest BCUT2D eigenvalue weighted by atomic mass is 9.93. The van der Waals surface area contributed by atoms with Crippen molar-refractivity contribution in [3.63, 3.8) is 0 Å². The van der Waals surface area contributed by atoms with Gasteiger partial charge in [0, 0.05) is 75.7 Å². The second kappa shape index (κ2) is 13.1. The zero-order valence-corrected chi connectivity index (χ0v) is 26.3. The van der Waals surface area contributed by atoms with Crippen molar-refractivity contribution >= 4 is 23.5 Å². The van der Waals surface area contributed by atoms with Crippen molar-refractivity contribution in [2.45, 2.75) is 89.0 Å². The summed E-state index contributed by atoms with van der Waals surface area (Å²) in [5.74, 6) is 0.200. The number of rotatable bonds is 8. The minimum atomic E-state index is -0.697. The van der Waals surface area contributed by atoms with E-state index in [1.165, 1.54) is 32.4 Å². The van der Waals surface area contributed by atoms with Crippen molar-refractivity contribution in [2.75, 3.05) is 44.6 Å². The molecular weight excluding hydrogens is 566 g/mol. The molecule has 1 aliphatic carbocycles. The molecule has 2 N–H and O–H groups in total. The van der Waals surface area contributed by atoms with E-state index in [2.05, 4.69) is 31.5 Å². The maximum absolute atomic E-state index is 14.2. The lowest BCUT2D eigenvalue weighted by Crippen LogP contribution is -2.52. The fourth-order valence-corrected chi connectivity index (χ4v) is 8.17. The molecule has 5 aliphatic rings. The summed E-state index contributed by atoms with van der Waals surface area (Å²) in [6, 6.07) is 14.4. The molecule has 10 nitrogen and oxygen atoms in total. The average molecular weight is 614 g/mol. The first kappa shape index (κ1) is 30.2. The van der Waals surface area contributed by atoms with E-state index < -0.39 is 5.41 Å². The lowest BCUT2D eigenvalue weighted by Gasteiger charge is -2.42. The van der Waals surface area contributed by atoms with Crippen molar-refractivity contribution in [3.8, 4) is 0 Å². The SMILES string of the molecule is O=C(CC1(C(=O)N2CCC(N3CCCCC3)CC2)CC1NCc1ccccn1)N1CCC(N2Cc3ccccc3NC2=O)CC1. The number of hydrogen-bond donors (Lipinski definition) is 2. The van der Waals surface area contributed by atoms with Crippen LogP contribution < -0.4 is 10.6 Å². The topological polar surface area (TPSA) is 101 Å². The van der Waals surface area contributed by atoms with Gasteiger partial charge in [-0.1, -0.05) is 30.7 Å². The number of pyridine rings is 1. The number of nitrogens with one attached hydrogen (secondary N) is 2. The summed E-state index contributed by atoms with van der Waals surface area (Å²) in [5.41, 5.74) is 2.24. The Morgan fingerprint density at radius 3 is 2.33 bits per heavy atom. The molecule has 1 saturated carbocycles. The van der Waals surface area contributed by atoms with Gasteiger partial charge in [-0.25, -0.2) is 4.79 Å². The summed E-state index contributed by atoms with van der Waals surface area (Å²) >= 11 is 0. The zero-order valence-electron chi connectivity index (χ0n) is 26.3. The number of amides is 4. The highest BCUT2D eigenvalue weighted by molar-refractivity contribution is 5.93. The third-order valence-corrected chi connectivity index (χ3v) is 11.0.